The molecule has 0 saturated heterocycles. The Kier molecular flexibility index (Phi) is 61.8. The topological polar surface area (TPSA) is 237 Å². The van der Waals surface area contributed by atoms with Crippen LogP contribution in [0.3, 0.4) is 0 Å². The molecule has 17 nitrogen and oxygen atoms in total. The molecule has 0 heterocycles. The van der Waals surface area contributed by atoms with Gasteiger partial charge in [-0.1, -0.05) is 311 Å². The van der Waals surface area contributed by atoms with Gasteiger partial charge in [0.2, 0.25) is 0 Å². The number of phosphoric ester groups is 2. The zero-order valence-electron chi connectivity index (χ0n) is 58.4. The number of aliphatic hydroxyl groups excluding tert-OH is 1. The maximum absolute atomic E-state index is 13.0. The van der Waals surface area contributed by atoms with E-state index in [9.17, 15) is 43.2 Å². The van der Waals surface area contributed by atoms with E-state index in [1.54, 1.807) is 0 Å². The van der Waals surface area contributed by atoms with E-state index in [1.165, 1.54) is 180 Å². The summed E-state index contributed by atoms with van der Waals surface area (Å²) >= 11 is 0. The van der Waals surface area contributed by atoms with Crippen molar-refractivity contribution in [2.75, 3.05) is 39.6 Å². The molecule has 0 saturated carbocycles. The summed E-state index contributed by atoms with van der Waals surface area (Å²) in [5.74, 6) is -0.564. The highest BCUT2D eigenvalue weighted by Gasteiger charge is 2.30. The van der Waals surface area contributed by atoms with Crippen molar-refractivity contribution in [1.29, 1.82) is 0 Å². The number of carbonyl (C=O) groups is 4. The summed E-state index contributed by atoms with van der Waals surface area (Å²) in [6.07, 6.45) is 48.4. The van der Waals surface area contributed by atoms with Gasteiger partial charge in [-0.15, -0.1) is 0 Å². The molecule has 0 aromatic carbocycles. The quantitative estimate of drug-likeness (QED) is 0.0222. The Hall–Kier alpha value is -1.94. The molecule has 0 aromatic rings. The molecular weight excluding hydrogens is 1190 g/mol. The van der Waals surface area contributed by atoms with E-state index in [-0.39, 0.29) is 25.7 Å². The van der Waals surface area contributed by atoms with Crippen LogP contribution >= 0.6 is 15.6 Å². The SMILES string of the molecule is CCCCCCCCCCCCC(=O)OC[C@H](COP(=O)(O)OC[C@H](O)COP(=O)(O)OC[C@@H](COC(=O)CCCCCCCCCCCCCCC(C)C)OC(=O)CCCCCCCCCCCCCCC(C)C)OC(=O)CCCCCCCCCCCC. The van der Waals surface area contributed by atoms with Crippen molar-refractivity contribution in [1.82, 2.24) is 0 Å². The third-order valence-corrected chi connectivity index (χ3v) is 18.4. The largest absolute Gasteiger partial charge is 0.472 e. The van der Waals surface area contributed by atoms with Crippen LogP contribution in [0.4, 0.5) is 0 Å². The molecule has 5 atom stereocenters. The van der Waals surface area contributed by atoms with Crippen molar-refractivity contribution in [3.63, 3.8) is 0 Å². The van der Waals surface area contributed by atoms with Crippen LogP contribution in [0.1, 0.15) is 363 Å². The maximum atomic E-state index is 13.0. The van der Waals surface area contributed by atoms with E-state index in [0.717, 1.165) is 102 Å². The monoisotopic (exact) mass is 1320 g/mol. The first kappa shape index (κ1) is 88.1. The van der Waals surface area contributed by atoms with Gasteiger partial charge < -0.3 is 33.8 Å². The van der Waals surface area contributed by atoms with Crippen LogP contribution in [-0.2, 0) is 65.4 Å². The van der Waals surface area contributed by atoms with Crippen LogP contribution in [-0.4, -0.2) is 96.7 Å². The number of ether oxygens (including phenoxy) is 4. The lowest BCUT2D eigenvalue weighted by Gasteiger charge is -2.21. The average Bonchev–Trinajstić information content (AvgIpc) is 3.61. The second-order valence-corrected chi connectivity index (χ2v) is 29.5. The summed E-state index contributed by atoms with van der Waals surface area (Å²) in [7, 11) is -9.90. The van der Waals surface area contributed by atoms with Crippen molar-refractivity contribution in [3.05, 3.63) is 0 Å². The number of hydrogen-bond acceptors (Lipinski definition) is 15. The summed E-state index contributed by atoms with van der Waals surface area (Å²) in [6.45, 7) is 9.56. The summed E-state index contributed by atoms with van der Waals surface area (Å²) in [4.78, 5) is 72.5. The molecule has 0 aromatic heterocycles. The van der Waals surface area contributed by atoms with Crippen LogP contribution in [0.5, 0.6) is 0 Å². The Labute approximate surface area is 549 Å². The van der Waals surface area contributed by atoms with E-state index < -0.39 is 97.5 Å². The standard InChI is InChI=1S/C71H138O17P2/c1-7-9-11-13-15-17-29-35-41-47-53-68(73)81-59-66(87-70(75)55-49-43-37-30-18-16-14-12-10-8-2)61-85-89(77,78)83-57-65(72)58-84-90(79,80)86-62-67(88-71(76)56-50-44-38-32-26-22-20-24-28-34-40-46-52-64(5)6)60-82-69(74)54-48-42-36-31-25-21-19-23-27-33-39-45-51-63(3)4/h63-67,72H,7-62H2,1-6H3,(H,77,78)(H,79,80)/t65-,66+,67+/m0/s1. The Morgan fingerprint density at radius 1 is 0.300 bits per heavy atom. The maximum Gasteiger partial charge on any atom is 0.472 e. The fourth-order valence-corrected chi connectivity index (χ4v) is 12.3. The highest BCUT2D eigenvalue weighted by molar-refractivity contribution is 7.47. The predicted octanol–water partition coefficient (Wildman–Crippen LogP) is 20.4. The number of aliphatic hydroxyl groups is 1. The van der Waals surface area contributed by atoms with Gasteiger partial charge in [0.15, 0.2) is 12.2 Å². The second-order valence-electron chi connectivity index (χ2n) is 26.6. The molecule has 0 aliphatic heterocycles. The van der Waals surface area contributed by atoms with Gasteiger partial charge in [0.25, 0.3) is 0 Å². The van der Waals surface area contributed by atoms with E-state index in [0.29, 0.717) is 25.7 Å². The minimum absolute atomic E-state index is 0.106. The zero-order chi connectivity index (χ0) is 66.5. The van der Waals surface area contributed by atoms with Gasteiger partial charge in [-0.05, 0) is 37.5 Å². The second kappa shape index (κ2) is 63.1. The first-order valence-corrected chi connectivity index (χ1v) is 40.0. The Morgan fingerprint density at radius 3 is 0.756 bits per heavy atom. The van der Waals surface area contributed by atoms with Gasteiger partial charge in [-0.25, -0.2) is 9.13 Å². The fraction of sp³-hybridized carbons (Fsp3) is 0.944. The molecule has 3 N–H and O–H groups in total. The third-order valence-electron chi connectivity index (χ3n) is 16.5. The lowest BCUT2D eigenvalue weighted by molar-refractivity contribution is -0.161. The van der Waals surface area contributed by atoms with Gasteiger partial charge in [-0.2, -0.15) is 0 Å². The third kappa shape index (κ3) is 64.8. The normalized spacial score (nSPS) is 14.1. The summed E-state index contributed by atoms with van der Waals surface area (Å²) in [5.41, 5.74) is 0. The van der Waals surface area contributed by atoms with Crippen LogP contribution in [0.2, 0.25) is 0 Å². The van der Waals surface area contributed by atoms with Crippen molar-refractivity contribution >= 4 is 39.5 Å². The Morgan fingerprint density at radius 2 is 0.511 bits per heavy atom. The number of unbranched alkanes of at least 4 members (excludes halogenated alkanes) is 40. The number of esters is 4. The van der Waals surface area contributed by atoms with Gasteiger partial charge in [0.05, 0.1) is 26.4 Å². The first-order valence-electron chi connectivity index (χ1n) is 37.0. The summed E-state index contributed by atoms with van der Waals surface area (Å²) in [6, 6.07) is 0. The lowest BCUT2D eigenvalue weighted by atomic mass is 10.0. The van der Waals surface area contributed by atoms with Crippen LogP contribution in [0.15, 0.2) is 0 Å². The van der Waals surface area contributed by atoms with Gasteiger partial charge in [0, 0.05) is 25.7 Å². The minimum atomic E-state index is -4.95. The van der Waals surface area contributed by atoms with Crippen LogP contribution in [0.25, 0.3) is 0 Å². The number of carbonyl (C=O) groups excluding carboxylic acids is 4. The zero-order valence-corrected chi connectivity index (χ0v) is 60.2. The Balaban J connectivity index is 5.23. The molecule has 0 amide bonds. The van der Waals surface area contributed by atoms with Gasteiger partial charge >= 0.3 is 39.5 Å². The van der Waals surface area contributed by atoms with E-state index >= 15 is 0 Å². The van der Waals surface area contributed by atoms with Crippen LogP contribution in [0, 0.1) is 11.8 Å². The van der Waals surface area contributed by atoms with Crippen molar-refractivity contribution in [2.45, 2.75) is 381 Å². The molecule has 534 valence electrons. The molecule has 19 heteroatoms. The number of rotatable bonds is 70. The highest BCUT2D eigenvalue weighted by atomic mass is 31.2. The van der Waals surface area contributed by atoms with E-state index in [2.05, 4.69) is 41.5 Å². The molecule has 0 radical (unpaired) electrons. The van der Waals surface area contributed by atoms with Gasteiger partial charge in [-0.3, -0.25) is 37.3 Å². The molecule has 2 unspecified atom stereocenters. The first-order chi connectivity index (χ1) is 43.4. The smallest absolute Gasteiger partial charge is 0.462 e. The molecule has 0 spiro atoms. The van der Waals surface area contributed by atoms with Crippen molar-refractivity contribution in [3.8, 4) is 0 Å². The fourth-order valence-electron chi connectivity index (χ4n) is 10.8. The summed E-state index contributed by atoms with van der Waals surface area (Å²) in [5, 5.41) is 10.6. The average molecular weight is 1330 g/mol. The van der Waals surface area contributed by atoms with Crippen molar-refractivity contribution < 1.29 is 80.2 Å². The molecular formula is C71H138O17P2. The molecule has 90 heavy (non-hydrogen) atoms. The lowest BCUT2D eigenvalue weighted by Crippen LogP contribution is -2.30. The summed E-state index contributed by atoms with van der Waals surface area (Å²) < 4.78 is 68.3. The molecule has 0 aliphatic carbocycles. The minimum Gasteiger partial charge on any atom is -0.462 e. The molecule has 0 rings (SSSR count). The number of phosphoric acid groups is 2. The molecule has 0 aliphatic rings. The predicted molar refractivity (Wildman–Crippen MR) is 363 cm³/mol. The van der Waals surface area contributed by atoms with E-state index in [4.69, 9.17) is 37.0 Å². The Bertz CT molecular complexity index is 1750. The van der Waals surface area contributed by atoms with Crippen molar-refractivity contribution in [2.24, 2.45) is 11.8 Å². The van der Waals surface area contributed by atoms with Gasteiger partial charge in [0.1, 0.15) is 19.3 Å². The highest BCUT2D eigenvalue weighted by Crippen LogP contribution is 2.45. The number of hydrogen-bond donors (Lipinski definition) is 3. The van der Waals surface area contributed by atoms with E-state index in [1.807, 2.05) is 0 Å². The molecule has 0 bridgehead atoms. The van der Waals surface area contributed by atoms with Crippen LogP contribution < -0.4 is 0 Å². The molecule has 0 fully saturated rings.